The summed E-state index contributed by atoms with van der Waals surface area (Å²) in [7, 11) is 8.50. The van der Waals surface area contributed by atoms with Gasteiger partial charge in [-0.3, -0.25) is 5.16 Å². The molecule has 0 aliphatic carbocycles. The van der Waals surface area contributed by atoms with Crippen LogP contribution in [-0.4, -0.2) is 38.6 Å². The average molecular weight is 148 g/mol. The number of hydrogen-bond acceptors (Lipinski definition) is 2. The summed E-state index contributed by atoms with van der Waals surface area (Å²) in [6.45, 7) is 0. The quantitative estimate of drug-likeness (QED) is 0.201. The van der Waals surface area contributed by atoms with E-state index in [1.807, 2.05) is 0 Å². The van der Waals surface area contributed by atoms with E-state index in [4.69, 9.17) is 5.21 Å². The molecule has 0 radical (unpaired) electrons. The number of rotatable bonds is 0. The lowest BCUT2D eigenvalue weighted by atomic mass is 10.8. The highest BCUT2D eigenvalue weighted by atomic mass is 16.4. The number of quaternary nitrogens is 1. The summed E-state index contributed by atoms with van der Waals surface area (Å²) < 4.78 is 1.00. The van der Waals surface area contributed by atoms with Gasteiger partial charge in [-0.2, -0.15) is 0 Å². The van der Waals surface area contributed by atoms with Gasteiger partial charge in [0.15, 0.2) is 5.96 Å². The van der Waals surface area contributed by atoms with Crippen LogP contribution in [0.15, 0.2) is 5.16 Å². The first-order valence-corrected chi connectivity index (χ1v) is 2.77. The SMILES string of the molecule is C[N+](C)(C)C.NC(N)=N[O-]. The molecule has 0 aromatic heterocycles. The van der Waals surface area contributed by atoms with Gasteiger partial charge < -0.3 is 21.2 Å². The van der Waals surface area contributed by atoms with Crippen LogP contribution in [0.2, 0.25) is 0 Å². The Morgan fingerprint density at radius 1 is 1.20 bits per heavy atom. The smallest absolute Gasteiger partial charge is 0.181 e. The third-order valence-electron chi connectivity index (χ3n) is 0.105. The minimum atomic E-state index is -0.426. The molecule has 0 amide bonds. The van der Waals surface area contributed by atoms with Crippen molar-refractivity contribution in [3.63, 3.8) is 0 Å². The maximum Gasteiger partial charge on any atom is 0.181 e. The molecule has 0 heterocycles. The maximum atomic E-state index is 8.97. The van der Waals surface area contributed by atoms with Gasteiger partial charge in [0.25, 0.3) is 0 Å². The Bertz CT molecular complexity index is 94.7. The Hall–Kier alpha value is -0.970. The molecule has 0 unspecified atom stereocenters. The lowest BCUT2D eigenvalue weighted by molar-refractivity contribution is -0.849. The molecule has 10 heavy (non-hydrogen) atoms. The van der Waals surface area contributed by atoms with Crippen LogP contribution >= 0.6 is 0 Å². The molecular formula is C5H16N4O. The third kappa shape index (κ3) is 241. The molecule has 0 spiro atoms. The summed E-state index contributed by atoms with van der Waals surface area (Å²) in [5.74, 6) is -0.426. The molecule has 0 saturated heterocycles. The topological polar surface area (TPSA) is 87.5 Å². The monoisotopic (exact) mass is 148 g/mol. The van der Waals surface area contributed by atoms with Crippen molar-refractivity contribution in [3.05, 3.63) is 5.21 Å². The molecule has 5 heteroatoms. The van der Waals surface area contributed by atoms with Crippen LogP contribution in [0.5, 0.6) is 0 Å². The molecule has 0 aliphatic rings. The molecule has 5 nitrogen and oxygen atoms in total. The van der Waals surface area contributed by atoms with E-state index in [0.29, 0.717) is 0 Å². The van der Waals surface area contributed by atoms with E-state index < -0.39 is 5.96 Å². The summed E-state index contributed by atoms with van der Waals surface area (Å²) in [4.78, 5) is 0. The van der Waals surface area contributed by atoms with E-state index >= 15 is 0 Å². The summed E-state index contributed by atoms with van der Waals surface area (Å²) in [6.07, 6.45) is 0. The Labute approximate surface area is 61.5 Å². The highest BCUT2D eigenvalue weighted by Gasteiger charge is 1.88. The van der Waals surface area contributed by atoms with Crippen LogP contribution in [0.1, 0.15) is 0 Å². The van der Waals surface area contributed by atoms with Crippen molar-refractivity contribution in [2.24, 2.45) is 16.6 Å². The molecule has 0 saturated carbocycles. The average Bonchev–Trinajstić information content (AvgIpc) is 1.61. The lowest BCUT2D eigenvalue weighted by Crippen LogP contribution is -2.27. The lowest BCUT2D eigenvalue weighted by Gasteiger charge is -2.14. The van der Waals surface area contributed by atoms with Gasteiger partial charge in [-0.05, 0) is 0 Å². The van der Waals surface area contributed by atoms with E-state index in [1.165, 1.54) is 0 Å². The van der Waals surface area contributed by atoms with Crippen LogP contribution in [-0.2, 0) is 0 Å². The van der Waals surface area contributed by atoms with Crippen molar-refractivity contribution in [2.45, 2.75) is 0 Å². The highest BCUT2D eigenvalue weighted by Crippen LogP contribution is 1.73. The minimum absolute atomic E-state index is 0.426. The largest absolute Gasteiger partial charge is 0.789 e. The van der Waals surface area contributed by atoms with E-state index in [-0.39, 0.29) is 0 Å². The third-order valence-corrected chi connectivity index (χ3v) is 0.105. The summed E-state index contributed by atoms with van der Waals surface area (Å²) >= 11 is 0. The van der Waals surface area contributed by atoms with Gasteiger partial charge >= 0.3 is 0 Å². The van der Waals surface area contributed by atoms with Crippen molar-refractivity contribution in [3.8, 4) is 0 Å². The first-order chi connectivity index (χ1) is 4.27. The van der Waals surface area contributed by atoms with E-state index in [9.17, 15) is 0 Å². The molecule has 0 rings (SSSR count). The van der Waals surface area contributed by atoms with Crippen molar-refractivity contribution < 1.29 is 4.48 Å². The van der Waals surface area contributed by atoms with Crippen molar-refractivity contribution >= 4 is 5.96 Å². The van der Waals surface area contributed by atoms with E-state index in [1.54, 1.807) is 0 Å². The van der Waals surface area contributed by atoms with Gasteiger partial charge in [-0.15, -0.1) is 0 Å². The fourth-order valence-electron chi connectivity index (χ4n) is 0. The van der Waals surface area contributed by atoms with Crippen molar-refractivity contribution in [1.82, 2.24) is 0 Å². The fourth-order valence-corrected chi connectivity index (χ4v) is 0. The Morgan fingerprint density at radius 3 is 1.30 bits per heavy atom. The maximum absolute atomic E-state index is 8.97. The van der Waals surface area contributed by atoms with Gasteiger partial charge in [0.1, 0.15) is 0 Å². The molecule has 0 atom stereocenters. The molecule has 0 bridgehead atoms. The summed E-state index contributed by atoms with van der Waals surface area (Å²) in [5, 5.41) is 11.1. The molecule has 0 aromatic carbocycles. The Balaban J connectivity index is 0. The number of guanidine groups is 1. The molecule has 4 N–H and O–H groups in total. The van der Waals surface area contributed by atoms with Crippen molar-refractivity contribution in [2.75, 3.05) is 28.2 Å². The predicted octanol–water partition coefficient (Wildman–Crippen LogP) is -0.920. The number of hydrogen-bond donors (Lipinski definition) is 2. The number of nitrogens with two attached hydrogens (primary N) is 2. The fraction of sp³-hybridized carbons (Fsp3) is 0.800. The zero-order valence-corrected chi connectivity index (χ0v) is 6.96. The van der Waals surface area contributed by atoms with Crippen LogP contribution in [0, 0.1) is 5.21 Å². The molecule has 0 aromatic rings. The zero-order valence-electron chi connectivity index (χ0n) is 6.96. The van der Waals surface area contributed by atoms with Gasteiger partial charge in [0, 0.05) is 0 Å². The highest BCUT2D eigenvalue weighted by molar-refractivity contribution is 5.75. The van der Waals surface area contributed by atoms with Crippen LogP contribution in [0.3, 0.4) is 0 Å². The van der Waals surface area contributed by atoms with Crippen LogP contribution < -0.4 is 11.5 Å². The Kier molecular flexibility index (Phi) is 5.73. The van der Waals surface area contributed by atoms with E-state index in [2.05, 4.69) is 44.8 Å². The second-order valence-electron chi connectivity index (χ2n) is 3.20. The zero-order chi connectivity index (χ0) is 8.78. The van der Waals surface area contributed by atoms with E-state index in [0.717, 1.165) is 4.48 Å². The van der Waals surface area contributed by atoms with Crippen molar-refractivity contribution in [1.29, 1.82) is 0 Å². The molecule has 0 fully saturated rings. The normalized spacial score (nSPS) is 9.20. The first-order valence-electron chi connectivity index (χ1n) is 2.77. The van der Waals surface area contributed by atoms with Gasteiger partial charge in [-0.25, -0.2) is 0 Å². The minimum Gasteiger partial charge on any atom is -0.789 e. The summed E-state index contributed by atoms with van der Waals surface area (Å²) in [6, 6.07) is 0. The van der Waals surface area contributed by atoms with Gasteiger partial charge in [-0.1, -0.05) is 0 Å². The second-order valence-corrected chi connectivity index (χ2v) is 3.20. The second kappa shape index (κ2) is 4.87. The number of nitrogens with zero attached hydrogens (tertiary/aromatic N) is 2. The molecule has 62 valence electrons. The molecular weight excluding hydrogens is 132 g/mol. The van der Waals surface area contributed by atoms with Gasteiger partial charge in [0.2, 0.25) is 0 Å². The first kappa shape index (κ1) is 11.8. The van der Waals surface area contributed by atoms with Crippen LogP contribution in [0.4, 0.5) is 0 Å². The molecule has 0 aliphatic heterocycles. The van der Waals surface area contributed by atoms with Crippen LogP contribution in [0.25, 0.3) is 0 Å². The standard InChI is InChI=1S/C4H12N.CH5N3O/c1-5(2,3)4;2-1(3)4-5/h1-4H3;5H,(H4,2,3,4)/q+1;/p-1. The van der Waals surface area contributed by atoms with Gasteiger partial charge in [0.05, 0.1) is 28.2 Å². The summed E-state index contributed by atoms with van der Waals surface area (Å²) in [5.41, 5.74) is 9.01. The predicted molar refractivity (Wildman–Crippen MR) is 43.1 cm³/mol. The Morgan fingerprint density at radius 2 is 1.30 bits per heavy atom.